The zero-order valence-corrected chi connectivity index (χ0v) is 15.4. The second-order valence-corrected chi connectivity index (χ2v) is 7.83. The summed E-state index contributed by atoms with van der Waals surface area (Å²) in [7, 11) is -3.76. The first kappa shape index (κ1) is 17.7. The van der Waals surface area contributed by atoms with Crippen LogP contribution in [0.1, 0.15) is 23.2 Å². The van der Waals surface area contributed by atoms with Crippen molar-refractivity contribution < 1.29 is 12.8 Å². The van der Waals surface area contributed by atoms with Crippen LogP contribution in [0.15, 0.2) is 58.0 Å². The van der Waals surface area contributed by atoms with Gasteiger partial charge in [0, 0.05) is 12.2 Å². The van der Waals surface area contributed by atoms with Gasteiger partial charge in [-0.25, -0.2) is 13.1 Å². The lowest BCUT2D eigenvalue weighted by Gasteiger charge is -2.18. The van der Waals surface area contributed by atoms with Crippen molar-refractivity contribution in [2.45, 2.75) is 24.8 Å². The first-order valence-electron chi connectivity index (χ1n) is 7.69. The van der Waals surface area contributed by atoms with Gasteiger partial charge in [0.2, 0.25) is 10.0 Å². The number of halogens is 1. The molecule has 3 aromatic rings. The minimum atomic E-state index is -3.76. The molecule has 0 saturated heterocycles. The molecule has 0 aliphatic rings. The smallest absolute Gasteiger partial charge is 0.242 e. The minimum absolute atomic E-state index is 0.0447. The fourth-order valence-corrected chi connectivity index (χ4v) is 4.23. The van der Waals surface area contributed by atoms with Crippen LogP contribution in [0.5, 0.6) is 0 Å². The van der Waals surface area contributed by atoms with Crippen LogP contribution in [0.4, 0.5) is 0 Å². The van der Waals surface area contributed by atoms with Crippen LogP contribution in [0, 0.1) is 13.8 Å². The topological polar surface area (TPSA) is 77.1 Å². The number of furan rings is 1. The predicted molar refractivity (Wildman–Crippen MR) is 95.2 cm³/mol. The summed E-state index contributed by atoms with van der Waals surface area (Å²) in [6, 6.07) is 11.4. The van der Waals surface area contributed by atoms with E-state index in [2.05, 4.69) is 9.82 Å². The van der Waals surface area contributed by atoms with E-state index >= 15 is 0 Å². The highest BCUT2D eigenvalue weighted by Gasteiger charge is 2.24. The van der Waals surface area contributed by atoms with Gasteiger partial charge < -0.3 is 4.42 Å². The number of hydrogen-bond acceptors (Lipinski definition) is 4. The largest absolute Gasteiger partial charge is 0.467 e. The summed E-state index contributed by atoms with van der Waals surface area (Å²) < 4.78 is 35.0. The van der Waals surface area contributed by atoms with Gasteiger partial charge in [-0.2, -0.15) is 5.10 Å². The van der Waals surface area contributed by atoms with E-state index in [9.17, 15) is 8.42 Å². The quantitative estimate of drug-likeness (QED) is 0.712. The van der Waals surface area contributed by atoms with Crippen LogP contribution in [-0.4, -0.2) is 24.7 Å². The number of rotatable bonds is 6. The highest BCUT2D eigenvalue weighted by atomic mass is 35.5. The van der Waals surface area contributed by atoms with Crippen molar-refractivity contribution >= 4 is 21.6 Å². The number of hydrogen-bond donors (Lipinski definition) is 1. The van der Waals surface area contributed by atoms with Gasteiger partial charge in [-0.1, -0.05) is 23.7 Å². The summed E-state index contributed by atoms with van der Waals surface area (Å²) in [6.07, 6.45) is 1.55. The average molecular weight is 380 g/mol. The fourth-order valence-electron chi connectivity index (χ4n) is 2.68. The third kappa shape index (κ3) is 3.78. The molecule has 1 aromatic carbocycles. The Kier molecular flexibility index (Phi) is 4.99. The van der Waals surface area contributed by atoms with E-state index in [0.717, 1.165) is 11.4 Å². The van der Waals surface area contributed by atoms with Gasteiger partial charge >= 0.3 is 0 Å². The van der Waals surface area contributed by atoms with E-state index in [0.29, 0.717) is 5.76 Å². The van der Waals surface area contributed by atoms with Gasteiger partial charge in [0.25, 0.3) is 0 Å². The molecule has 0 spiro atoms. The molecule has 0 amide bonds. The van der Waals surface area contributed by atoms with Crippen LogP contribution >= 0.6 is 11.6 Å². The second kappa shape index (κ2) is 7.03. The van der Waals surface area contributed by atoms with Crippen molar-refractivity contribution in [3.8, 4) is 0 Å². The van der Waals surface area contributed by atoms with Crippen LogP contribution < -0.4 is 4.72 Å². The van der Waals surface area contributed by atoms with E-state index in [1.165, 1.54) is 6.07 Å². The maximum absolute atomic E-state index is 12.6. The highest BCUT2D eigenvalue weighted by molar-refractivity contribution is 7.89. The molecule has 0 radical (unpaired) electrons. The van der Waals surface area contributed by atoms with Gasteiger partial charge in [-0.15, -0.1) is 0 Å². The van der Waals surface area contributed by atoms with Crippen molar-refractivity contribution in [2.24, 2.45) is 0 Å². The van der Waals surface area contributed by atoms with Gasteiger partial charge in [0.05, 0.1) is 17.0 Å². The molecule has 1 unspecified atom stereocenters. The summed E-state index contributed by atoms with van der Waals surface area (Å²) >= 11 is 6.01. The van der Waals surface area contributed by atoms with Crippen LogP contribution in [0.25, 0.3) is 0 Å². The summed E-state index contributed by atoms with van der Waals surface area (Å²) in [6.45, 7) is 3.89. The first-order valence-corrected chi connectivity index (χ1v) is 9.55. The number of aromatic nitrogens is 2. The molecular weight excluding hydrogens is 362 g/mol. The predicted octanol–water partition coefficient (Wildman–Crippen LogP) is 3.31. The summed E-state index contributed by atoms with van der Waals surface area (Å²) in [4.78, 5) is 0.0447. The Balaban J connectivity index is 1.90. The normalized spacial score (nSPS) is 13.1. The fraction of sp³-hybridized carbons (Fsp3) is 0.235. The van der Waals surface area contributed by atoms with Gasteiger partial charge in [-0.3, -0.25) is 4.68 Å². The number of aryl methyl sites for hydroxylation is 2. The van der Waals surface area contributed by atoms with Crippen molar-refractivity contribution in [1.82, 2.24) is 14.5 Å². The Morgan fingerprint density at radius 2 is 2.00 bits per heavy atom. The minimum Gasteiger partial charge on any atom is -0.467 e. The first-order chi connectivity index (χ1) is 11.9. The standard InChI is InChI=1S/C17H18ClN3O3S/c1-12-10-13(2)21(20-12)15(16-7-5-9-24-16)11-19-25(22,23)17-8-4-3-6-14(17)18/h3-10,15,19H,11H2,1-2H3. The Morgan fingerprint density at radius 3 is 2.60 bits per heavy atom. The second-order valence-electron chi connectivity index (χ2n) is 5.69. The van der Waals surface area contributed by atoms with Crippen molar-refractivity contribution in [1.29, 1.82) is 0 Å². The summed E-state index contributed by atoms with van der Waals surface area (Å²) in [5.41, 5.74) is 1.76. The Labute approximate surface area is 151 Å². The highest BCUT2D eigenvalue weighted by Crippen LogP contribution is 2.23. The van der Waals surface area contributed by atoms with E-state index in [1.807, 2.05) is 19.9 Å². The van der Waals surface area contributed by atoms with E-state index in [-0.39, 0.29) is 16.5 Å². The number of sulfonamides is 1. The molecule has 1 N–H and O–H groups in total. The van der Waals surface area contributed by atoms with E-state index < -0.39 is 16.1 Å². The van der Waals surface area contributed by atoms with Crippen LogP contribution in [0.3, 0.4) is 0 Å². The van der Waals surface area contributed by atoms with Gasteiger partial charge in [0.15, 0.2) is 0 Å². The molecular formula is C17H18ClN3O3S. The maximum Gasteiger partial charge on any atom is 0.242 e. The molecule has 2 heterocycles. The summed E-state index contributed by atoms with van der Waals surface area (Å²) in [5, 5.41) is 4.63. The lowest BCUT2D eigenvalue weighted by molar-refractivity contribution is 0.397. The Bertz CT molecular complexity index is 965. The number of nitrogens with zero attached hydrogens (tertiary/aromatic N) is 2. The SMILES string of the molecule is Cc1cc(C)n(C(CNS(=O)(=O)c2ccccc2Cl)c2ccco2)n1. The van der Waals surface area contributed by atoms with Crippen LogP contribution in [0.2, 0.25) is 5.02 Å². The lowest BCUT2D eigenvalue weighted by Crippen LogP contribution is -2.32. The number of nitrogens with one attached hydrogen (secondary N) is 1. The molecule has 0 fully saturated rings. The maximum atomic E-state index is 12.6. The molecule has 0 bridgehead atoms. The van der Waals surface area contributed by atoms with Gasteiger partial charge in [-0.05, 0) is 44.2 Å². The van der Waals surface area contributed by atoms with E-state index in [1.54, 1.807) is 41.3 Å². The number of benzene rings is 1. The molecule has 0 aliphatic heterocycles. The molecule has 6 nitrogen and oxygen atoms in total. The van der Waals surface area contributed by atoms with Crippen molar-refractivity contribution in [3.63, 3.8) is 0 Å². The third-order valence-electron chi connectivity index (χ3n) is 3.80. The summed E-state index contributed by atoms with van der Waals surface area (Å²) in [5.74, 6) is 0.619. The monoisotopic (exact) mass is 379 g/mol. The molecule has 132 valence electrons. The van der Waals surface area contributed by atoms with Crippen molar-refractivity contribution in [2.75, 3.05) is 6.54 Å². The van der Waals surface area contributed by atoms with Crippen molar-refractivity contribution in [3.05, 3.63) is 70.9 Å². The molecule has 0 saturated carbocycles. The zero-order chi connectivity index (χ0) is 18.0. The molecule has 25 heavy (non-hydrogen) atoms. The van der Waals surface area contributed by atoms with Crippen LogP contribution in [-0.2, 0) is 10.0 Å². The lowest BCUT2D eigenvalue weighted by atomic mass is 10.2. The third-order valence-corrected chi connectivity index (χ3v) is 5.73. The molecule has 8 heteroatoms. The molecule has 1 atom stereocenters. The zero-order valence-electron chi connectivity index (χ0n) is 13.8. The molecule has 3 rings (SSSR count). The molecule has 2 aromatic heterocycles. The van der Waals surface area contributed by atoms with E-state index in [4.69, 9.17) is 16.0 Å². The Morgan fingerprint density at radius 1 is 1.24 bits per heavy atom. The Hall–Kier alpha value is -2.09. The average Bonchev–Trinajstić information content (AvgIpc) is 3.18. The van der Waals surface area contributed by atoms with Gasteiger partial charge in [0.1, 0.15) is 16.7 Å². The molecule has 0 aliphatic carbocycles.